The zero-order chi connectivity index (χ0) is 16.8. The van der Waals surface area contributed by atoms with E-state index >= 15 is 0 Å². The number of carboxylic acid groups (broad SMARTS) is 1. The molecule has 1 unspecified atom stereocenters. The van der Waals surface area contributed by atoms with Crippen molar-refractivity contribution in [3.63, 3.8) is 0 Å². The highest BCUT2D eigenvalue weighted by Gasteiger charge is 2.30. The molecule has 0 radical (unpaired) electrons. The Labute approximate surface area is 133 Å². The van der Waals surface area contributed by atoms with Gasteiger partial charge in [-0.05, 0) is 19.9 Å². The van der Waals surface area contributed by atoms with Gasteiger partial charge >= 0.3 is 5.97 Å². The predicted octanol–water partition coefficient (Wildman–Crippen LogP) is 1.74. The summed E-state index contributed by atoms with van der Waals surface area (Å²) < 4.78 is 10.2. The van der Waals surface area contributed by atoms with Gasteiger partial charge in [-0.25, -0.2) is 4.98 Å². The fourth-order valence-electron chi connectivity index (χ4n) is 1.92. The molecule has 2 N–H and O–H groups in total. The fraction of sp³-hybridized carbons (Fsp3) is 0.500. The molecule has 22 heavy (non-hydrogen) atoms. The molecule has 1 rings (SSSR count). The quantitative estimate of drug-likeness (QED) is 0.753. The van der Waals surface area contributed by atoms with Crippen LogP contribution in [0.15, 0.2) is 12.3 Å². The van der Waals surface area contributed by atoms with Crippen molar-refractivity contribution in [2.45, 2.75) is 25.8 Å². The van der Waals surface area contributed by atoms with E-state index in [1.807, 2.05) is 0 Å². The van der Waals surface area contributed by atoms with E-state index in [4.69, 9.17) is 26.2 Å². The topological polar surface area (TPSA) is 97.8 Å². The molecule has 0 aliphatic heterocycles. The Morgan fingerprint density at radius 1 is 1.50 bits per heavy atom. The number of hydrogen-bond acceptors (Lipinski definition) is 5. The van der Waals surface area contributed by atoms with E-state index in [0.29, 0.717) is 6.61 Å². The van der Waals surface area contributed by atoms with Crippen LogP contribution in [0.3, 0.4) is 0 Å². The van der Waals surface area contributed by atoms with Gasteiger partial charge in [0.1, 0.15) is 5.02 Å². The second kappa shape index (κ2) is 7.95. The number of nitrogens with one attached hydrogen (secondary N) is 1. The minimum Gasteiger partial charge on any atom is -0.481 e. The zero-order valence-electron chi connectivity index (χ0n) is 12.7. The van der Waals surface area contributed by atoms with Crippen molar-refractivity contribution in [1.29, 1.82) is 0 Å². The van der Waals surface area contributed by atoms with Crippen LogP contribution in [0.4, 0.5) is 0 Å². The molecule has 0 spiro atoms. The van der Waals surface area contributed by atoms with E-state index in [9.17, 15) is 9.59 Å². The number of aliphatic carboxylic acids is 1. The molecule has 1 atom stereocenters. The Morgan fingerprint density at radius 2 is 2.18 bits per heavy atom. The van der Waals surface area contributed by atoms with Crippen molar-refractivity contribution in [2.24, 2.45) is 0 Å². The number of pyridine rings is 1. The standard InChI is InChI=1S/C14H19ClN2O5/c1-4-22-13-10(15)5-9(7-16-13)12(20)17-14(2,8-21-3)6-11(18)19/h5,7H,4,6,8H2,1-3H3,(H,17,20)(H,18,19). The largest absolute Gasteiger partial charge is 0.481 e. The third-order valence-corrected chi connectivity index (χ3v) is 3.04. The first kappa shape index (κ1) is 18.2. The van der Waals surface area contributed by atoms with Crippen molar-refractivity contribution in [3.8, 4) is 5.88 Å². The van der Waals surface area contributed by atoms with E-state index in [0.717, 1.165) is 0 Å². The highest BCUT2D eigenvalue weighted by atomic mass is 35.5. The van der Waals surface area contributed by atoms with E-state index in [1.54, 1.807) is 13.8 Å². The number of rotatable bonds is 8. The van der Waals surface area contributed by atoms with Gasteiger partial charge in [-0.3, -0.25) is 9.59 Å². The molecule has 7 nitrogen and oxygen atoms in total. The third-order valence-electron chi connectivity index (χ3n) is 2.77. The molecule has 0 aromatic carbocycles. The highest BCUT2D eigenvalue weighted by molar-refractivity contribution is 6.32. The Balaban J connectivity index is 2.90. The summed E-state index contributed by atoms with van der Waals surface area (Å²) in [4.78, 5) is 27.1. The number of ether oxygens (including phenoxy) is 2. The van der Waals surface area contributed by atoms with E-state index < -0.39 is 17.4 Å². The number of carboxylic acids is 1. The summed E-state index contributed by atoms with van der Waals surface area (Å²) >= 11 is 5.98. The lowest BCUT2D eigenvalue weighted by atomic mass is 9.98. The summed E-state index contributed by atoms with van der Waals surface area (Å²) in [7, 11) is 1.43. The molecule has 1 amide bonds. The molecular formula is C14H19ClN2O5. The summed E-state index contributed by atoms with van der Waals surface area (Å²) in [5, 5.41) is 11.8. The first-order valence-corrected chi connectivity index (χ1v) is 7.00. The van der Waals surface area contributed by atoms with Crippen LogP contribution in [0.1, 0.15) is 30.6 Å². The summed E-state index contributed by atoms with van der Waals surface area (Å²) in [6, 6.07) is 1.42. The van der Waals surface area contributed by atoms with Gasteiger partial charge in [0.2, 0.25) is 5.88 Å². The molecule has 0 aliphatic carbocycles. The second-order valence-corrected chi connectivity index (χ2v) is 5.37. The van der Waals surface area contributed by atoms with Crippen LogP contribution in [-0.4, -0.2) is 47.8 Å². The number of halogens is 1. The predicted molar refractivity (Wildman–Crippen MR) is 80.4 cm³/mol. The molecule has 0 saturated heterocycles. The first-order valence-electron chi connectivity index (χ1n) is 6.63. The lowest BCUT2D eigenvalue weighted by Crippen LogP contribution is -2.50. The number of carbonyl (C=O) groups is 2. The van der Waals surface area contributed by atoms with Gasteiger partial charge in [-0.15, -0.1) is 0 Å². The summed E-state index contributed by atoms with van der Waals surface area (Å²) in [5.41, 5.74) is -0.830. The maximum absolute atomic E-state index is 12.2. The molecule has 1 heterocycles. The lowest BCUT2D eigenvalue weighted by molar-refractivity contribution is -0.139. The number of hydrogen-bond donors (Lipinski definition) is 2. The van der Waals surface area contributed by atoms with Crippen LogP contribution in [0, 0.1) is 0 Å². The number of amides is 1. The second-order valence-electron chi connectivity index (χ2n) is 4.96. The highest BCUT2D eigenvalue weighted by Crippen LogP contribution is 2.22. The van der Waals surface area contributed by atoms with Gasteiger partial charge in [-0.1, -0.05) is 11.6 Å². The van der Waals surface area contributed by atoms with Gasteiger partial charge in [0.05, 0.1) is 30.7 Å². The van der Waals surface area contributed by atoms with Gasteiger partial charge in [0.25, 0.3) is 5.91 Å². The van der Waals surface area contributed by atoms with Gasteiger partial charge in [0, 0.05) is 13.3 Å². The smallest absolute Gasteiger partial charge is 0.305 e. The van der Waals surface area contributed by atoms with E-state index in [2.05, 4.69) is 10.3 Å². The average Bonchev–Trinajstić information content (AvgIpc) is 2.40. The van der Waals surface area contributed by atoms with Crippen molar-refractivity contribution in [2.75, 3.05) is 20.3 Å². The third kappa shape index (κ3) is 5.16. The number of nitrogens with zero attached hydrogens (tertiary/aromatic N) is 1. The molecule has 8 heteroatoms. The zero-order valence-corrected chi connectivity index (χ0v) is 13.4. The van der Waals surface area contributed by atoms with Crippen LogP contribution >= 0.6 is 11.6 Å². The molecule has 0 saturated carbocycles. The maximum Gasteiger partial charge on any atom is 0.305 e. The van der Waals surface area contributed by atoms with Gasteiger partial charge in [0.15, 0.2) is 0 Å². The van der Waals surface area contributed by atoms with Crippen LogP contribution in [0.2, 0.25) is 5.02 Å². The number of methoxy groups -OCH3 is 1. The summed E-state index contributed by atoms with van der Waals surface area (Å²) in [5.74, 6) is -1.29. The molecule has 0 bridgehead atoms. The summed E-state index contributed by atoms with van der Waals surface area (Å²) in [6.45, 7) is 3.85. The minimum atomic E-state index is -1.04. The molecule has 1 aromatic heterocycles. The lowest BCUT2D eigenvalue weighted by Gasteiger charge is -2.28. The normalized spacial score (nSPS) is 13.3. The Hall–Kier alpha value is -1.86. The van der Waals surface area contributed by atoms with Crippen molar-refractivity contribution in [1.82, 2.24) is 10.3 Å². The molecule has 0 aliphatic rings. The van der Waals surface area contributed by atoms with Crippen LogP contribution in [-0.2, 0) is 9.53 Å². The van der Waals surface area contributed by atoms with Crippen LogP contribution in [0.25, 0.3) is 0 Å². The van der Waals surface area contributed by atoms with Crippen LogP contribution < -0.4 is 10.1 Å². The van der Waals surface area contributed by atoms with Crippen molar-refractivity contribution in [3.05, 3.63) is 22.8 Å². The van der Waals surface area contributed by atoms with Crippen LogP contribution in [0.5, 0.6) is 5.88 Å². The van der Waals surface area contributed by atoms with Gasteiger partial charge in [-0.2, -0.15) is 0 Å². The molecule has 1 aromatic rings. The monoisotopic (exact) mass is 330 g/mol. The summed E-state index contributed by atoms with van der Waals surface area (Å²) in [6.07, 6.45) is 1.05. The SMILES string of the molecule is CCOc1ncc(C(=O)NC(C)(COC)CC(=O)O)cc1Cl. The fourth-order valence-corrected chi connectivity index (χ4v) is 2.14. The number of aromatic nitrogens is 1. The number of carbonyl (C=O) groups excluding carboxylic acids is 1. The Morgan fingerprint density at radius 3 is 2.68 bits per heavy atom. The van der Waals surface area contributed by atoms with Crippen molar-refractivity contribution < 1.29 is 24.2 Å². The van der Waals surface area contributed by atoms with E-state index in [1.165, 1.54) is 19.4 Å². The maximum atomic E-state index is 12.2. The molecule has 0 fully saturated rings. The van der Waals surface area contributed by atoms with E-state index in [-0.39, 0.29) is 29.5 Å². The molecule has 122 valence electrons. The Bertz CT molecular complexity index is 552. The average molecular weight is 331 g/mol. The van der Waals surface area contributed by atoms with Gasteiger partial charge < -0.3 is 19.9 Å². The minimum absolute atomic E-state index is 0.0588. The van der Waals surface area contributed by atoms with Crippen molar-refractivity contribution >= 4 is 23.5 Å². The molecular weight excluding hydrogens is 312 g/mol. The first-order chi connectivity index (χ1) is 10.3. The Kier molecular flexibility index (Phi) is 6.58.